The second-order valence-electron chi connectivity index (χ2n) is 15.6. The van der Waals surface area contributed by atoms with Gasteiger partial charge in [-0.3, -0.25) is 33.8 Å². The molecule has 0 bridgehead atoms. The van der Waals surface area contributed by atoms with Gasteiger partial charge < -0.3 is 42.4 Å². The maximum Gasteiger partial charge on any atom is 0.326 e. The normalized spacial score (nSPS) is 16.3. The molecule has 10 N–H and O–H groups in total. The molecular weight excluding hydrogens is 751 g/mol. The van der Waals surface area contributed by atoms with Gasteiger partial charge in [-0.05, 0) is 48.6 Å². The molecule has 16 nitrogen and oxygen atoms in total. The molecule has 314 valence electrons. The van der Waals surface area contributed by atoms with E-state index in [2.05, 4.69) is 26.6 Å². The first-order chi connectivity index (χ1) is 27.5. The van der Waals surface area contributed by atoms with Crippen molar-refractivity contribution in [2.24, 2.45) is 17.6 Å². The SMILES string of the molecule is CC(C)C[C@H](NC(=O)[C@@H](NC(=O)[C@@H](N)CNC(=O)c1[nH]c(=O)[nH]c(=O)c1F)C(C)C)C(=O)N[C@@H](Cc1ccccc1)[C@@H](O)C(=O)NC1(c2ccccc2)CCCCC1. The Balaban J connectivity index is 1.48. The molecule has 1 saturated carbocycles. The van der Waals surface area contributed by atoms with Crippen LogP contribution in [0.1, 0.15) is 87.8 Å². The minimum Gasteiger partial charge on any atom is -0.381 e. The molecule has 1 aliphatic rings. The molecule has 5 atom stereocenters. The zero-order valence-corrected chi connectivity index (χ0v) is 33.2. The van der Waals surface area contributed by atoms with E-state index in [0.29, 0.717) is 12.8 Å². The summed E-state index contributed by atoms with van der Waals surface area (Å²) in [7, 11) is 0. The second-order valence-corrected chi connectivity index (χ2v) is 15.6. The van der Waals surface area contributed by atoms with Crippen molar-refractivity contribution in [3.63, 3.8) is 0 Å². The number of aliphatic hydroxyl groups is 1. The summed E-state index contributed by atoms with van der Waals surface area (Å²) in [5.41, 5.74) is 3.50. The monoisotopic (exact) mass is 806 g/mol. The summed E-state index contributed by atoms with van der Waals surface area (Å²) >= 11 is 0. The number of nitrogens with one attached hydrogen (secondary N) is 7. The molecule has 0 radical (unpaired) electrons. The average Bonchev–Trinajstić information content (AvgIpc) is 3.19. The molecule has 1 fully saturated rings. The van der Waals surface area contributed by atoms with Crippen molar-refractivity contribution in [3.05, 3.63) is 104 Å². The van der Waals surface area contributed by atoms with Gasteiger partial charge in [0.2, 0.25) is 23.5 Å². The molecular formula is C41H55FN8O8. The van der Waals surface area contributed by atoms with Gasteiger partial charge in [-0.25, -0.2) is 4.79 Å². The molecule has 2 aromatic carbocycles. The lowest BCUT2D eigenvalue weighted by Crippen LogP contribution is -2.61. The Morgan fingerprint density at radius 2 is 1.43 bits per heavy atom. The summed E-state index contributed by atoms with van der Waals surface area (Å²) < 4.78 is 14.1. The quantitative estimate of drug-likeness (QED) is 0.0888. The summed E-state index contributed by atoms with van der Waals surface area (Å²) in [6.07, 6.45) is 2.82. The summed E-state index contributed by atoms with van der Waals surface area (Å²) in [6.45, 7) is 6.45. The first kappa shape index (κ1) is 45.0. The number of carbonyl (C=O) groups excluding carboxylic acids is 5. The van der Waals surface area contributed by atoms with Gasteiger partial charge in [0, 0.05) is 6.54 Å². The molecule has 0 aliphatic heterocycles. The molecule has 1 aliphatic carbocycles. The maximum atomic E-state index is 14.1. The molecule has 0 saturated heterocycles. The Kier molecular flexibility index (Phi) is 16.0. The van der Waals surface area contributed by atoms with Crippen LogP contribution < -0.4 is 43.6 Å². The number of hydrogen-bond donors (Lipinski definition) is 9. The Hall–Kier alpha value is -5.68. The van der Waals surface area contributed by atoms with Crippen molar-refractivity contribution in [2.45, 2.75) is 108 Å². The molecule has 0 unspecified atom stereocenters. The van der Waals surface area contributed by atoms with E-state index in [1.54, 1.807) is 18.8 Å². The van der Waals surface area contributed by atoms with Crippen LogP contribution in [0.4, 0.5) is 4.39 Å². The highest BCUT2D eigenvalue weighted by atomic mass is 19.1. The summed E-state index contributed by atoms with van der Waals surface area (Å²) in [5.74, 6) is -6.24. The lowest BCUT2D eigenvalue weighted by molar-refractivity contribution is -0.136. The highest BCUT2D eigenvalue weighted by Gasteiger charge is 2.39. The van der Waals surface area contributed by atoms with Crippen LogP contribution in [0.15, 0.2) is 70.3 Å². The number of benzene rings is 2. The number of hydrogen-bond acceptors (Lipinski definition) is 9. The smallest absolute Gasteiger partial charge is 0.326 e. The fourth-order valence-electron chi connectivity index (χ4n) is 7.05. The first-order valence-electron chi connectivity index (χ1n) is 19.6. The van der Waals surface area contributed by atoms with E-state index in [-0.39, 0.29) is 18.8 Å². The van der Waals surface area contributed by atoms with Crippen LogP contribution in [0.5, 0.6) is 0 Å². The van der Waals surface area contributed by atoms with Crippen molar-refractivity contribution < 1.29 is 33.5 Å². The van der Waals surface area contributed by atoms with E-state index in [1.807, 2.05) is 79.5 Å². The zero-order chi connectivity index (χ0) is 42.6. The molecule has 1 aromatic heterocycles. The molecule has 0 spiro atoms. The van der Waals surface area contributed by atoms with E-state index < -0.39 is 101 Å². The predicted molar refractivity (Wildman–Crippen MR) is 214 cm³/mol. The standard InChI is InChI=1S/C41H55FN8O8/c1-23(2)20-29(46-38(56)31(24(3)4)47-34(52)27(43)22-44-37(55)32-30(42)36(54)49-40(58)48-32)35(53)45-28(21-25-14-8-5-9-15-25)33(51)39(57)50-41(18-12-7-13-19-41)26-16-10-6-11-17-26/h5-6,8-11,14-17,23-24,27-29,31,33,51H,7,12-13,18-22,43H2,1-4H3,(H,44,55)(H,45,53)(H,46,56)(H,47,52)(H,50,57)(H2,48,49,54,58)/t27-,28-,29-,31-,33+/m0/s1. The van der Waals surface area contributed by atoms with Crippen LogP contribution >= 0.6 is 0 Å². The Morgan fingerprint density at radius 1 is 0.810 bits per heavy atom. The fraction of sp³-hybridized carbons (Fsp3) is 0.488. The zero-order valence-electron chi connectivity index (χ0n) is 33.2. The molecule has 1 heterocycles. The van der Waals surface area contributed by atoms with Crippen LogP contribution in [0, 0.1) is 17.7 Å². The molecule has 5 amide bonds. The number of nitrogens with two attached hydrogens (primary N) is 1. The Bertz CT molecular complexity index is 2000. The summed E-state index contributed by atoms with van der Waals surface area (Å²) in [5, 5.41) is 25.1. The van der Waals surface area contributed by atoms with Crippen molar-refractivity contribution >= 4 is 29.5 Å². The number of aromatic nitrogens is 2. The number of aromatic amines is 2. The Labute approximate surface area is 335 Å². The first-order valence-corrected chi connectivity index (χ1v) is 19.6. The van der Waals surface area contributed by atoms with E-state index in [9.17, 15) is 43.1 Å². The van der Waals surface area contributed by atoms with E-state index in [1.165, 1.54) is 0 Å². The van der Waals surface area contributed by atoms with Crippen LogP contribution in [0.2, 0.25) is 0 Å². The predicted octanol–water partition coefficient (Wildman–Crippen LogP) is 0.995. The third-order valence-corrected chi connectivity index (χ3v) is 10.2. The summed E-state index contributed by atoms with van der Waals surface area (Å²) in [4.78, 5) is 93.9. The number of halogens is 1. The molecule has 58 heavy (non-hydrogen) atoms. The second kappa shape index (κ2) is 20.7. The van der Waals surface area contributed by atoms with Gasteiger partial charge >= 0.3 is 5.69 Å². The van der Waals surface area contributed by atoms with Crippen molar-refractivity contribution in [2.75, 3.05) is 6.54 Å². The van der Waals surface area contributed by atoms with E-state index in [4.69, 9.17) is 5.73 Å². The lowest BCUT2D eigenvalue weighted by Gasteiger charge is -2.40. The average molecular weight is 807 g/mol. The van der Waals surface area contributed by atoms with Crippen molar-refractivity contribution in [3.8, 4) is 0 Å². The van der Waals surface area contributed by atoms with Gasteiger partial charge in [-0.1, -0.05) is 108 Å². The largest absolute Gasteiger partial charge is 0.381 e. The number of rotatable bonds is 18. The number of aliphatic hydroxyl groups excluding tert-OH is 1. The molecule has 17 heteroatoms. The van der Waals surface area contributed by atoms with E-state index >= 15 is 0 Å². The number of H-pyrrole nitrogens is 2. The van der Waals surface area contributed by atoms with Gasteiger partial charge in [-0.2, -0.15) is 4.39 Å². The van der Waals surface area contributed by atoms with Crippen molar-refractivity contribution in [1.29, 1.82) is 0 Å². The third kappa shape index (κ3) is 12.2. The van der Waals surface area contributed by atoms with Crippen LogP contribution in [0.25, 0.3) is 0 Å². The lowest BCUT2D eigenvalue weighted by atomic mass is 9.76. The van der Waals surface area contributed by atoms with Gasteiger partial charge in [-0.15, -0.1) is 0 Å². The van der Waals surface area contributed by atoms with Crippen LogP contribution in [-0.2, 0) is 31.1 Å². The highest BCUT2D eigenvalue weighted by Crippen LogP contribution is 2.37. The van der Waals surface area contributed by atoms with Gasteiger partial charge in [0.1, 0.15) is 23.8 Å². The topological polar surface area (TPSA) is 257 Å². The summed E-state index contributed by atoms with van der Waals surface area (Å²) in [6, 6.07) is 13.8. The molecule has 3 aromatic rings. The minimum absolute atomic E-state index is 0.0991. The number of amides is 5. The van der Waals surface area contributed by atoms with Crippen LogP contribution in [0.3, 0.4) is 0 Å². The number of carbonyl (C=O) groups is 5. The van der Waals surface area contributed by atoms with E-state index in [0.717, 1.165) is 30.4 Å². The third-order valence-electron chi connectivity index (χ3n) is 10.2. The highest BCUT2D eigenvalue weighted by molar-refractivity contribution is 5.95. The van der Waals surface area contributed by atoms with Crippen LogP contribution in [-0.4, -0.2) is 81.4 Å². The maximum absolute atomic E-state index is 14.1. The molecule has 4 rings (SSSR count). The Morgan fingerprint density at radius 3 is 2.03 bits per heavy atom. The van der Waals surface area contributed by atoms with Gasteiger partial charge in [0.05, 0.1) is 11.6 Å². The minimum atomic E-state index is -1.66. The fourth-order valence-corrected chi connectivity index (χ4v) is 7.05. The van der Waals surface area contributed by atoms with Crippen molar-refractivity contribution in [1.82, 2.24) is 36.6 Å². The van der Waals surface area contributed by atoms with Gasteiger partial charge in [0.15, 0.2) is 6.10 Å². The van der Waals surface area contributed by atoms with Gasteiger partial charge in [0.25, 0.3) is 17.4 Å².